The van der Waals surface area contributed by atoms with Crippen LogP contribution in [0.3, 0.4) is 0 Å². The van der Waals surface area contributed by atoms with E-state index in [1.54, 1.807) is 24.3 Å². The van der Waals surface area contributed by atoms with Crippen molar-refractivity contribution in [1.29, 1.82) is 0 Å². The van der Waals surface area contributed by atoms with Gasteiger partial charge in [0, 0.05) is 25.5 Å². The molecule has 1 N–H and O–H groups in total. The number of benzene rings is 3. The van der Waals surface area contributed by atoms with Gasteiger partial charge in [-0.15, -0.1) is 0 Å². The number of nitrogens with zero attached hydrogens (tertiary/aromatic N) is 1. The summed E-state index contributed by atoms with van der Waals surface area (Å²) < 4.78 is 5.11. The van der Waals surface area contributed by atoms with Crippen LogP contribution in [0, 0.1) is 0 Å². The molecule has 0 unspecified atom stereocenters. The van der Waals surface area contributed by atoms with E-state index in [0.717, 1.165) is 16.5 Å². The lowest BCUT2D eigenvalue weighted by molar-refractivity contribution is -0.119. The highest BCUT2D eigenvalue weighted by Crippen LogP contribution is 2.17. The molecular formula is C21H20N2O3. The Balaban J connectivity index is 1.57. The number of hydrogen-bond acceptors (Lipinski definition) is 4. The van der Waals surface area contributed by atoms with Crippen LogP contribution in [-0.4, -0.2) is 32.6 Å². The average Bonchev–Trinajstić information content (AvgIpc) is 2.66. The van der Waals surface area contributed by atoms with E-state index in [9.17, 15) is 9.59 Å². The third-order valence-electron chi connectivity index (χ3n) is 3.99. The number of esters is 1. The van der Waals surface area contributed by atoms with Gasteiger partial charge < -0.3 is 15.0 Å². The number of rotatable bonds is 5. The predicted octanol–water partition coefficient (Wildman–Crippen LogP) is 3.70. The highest BCUT2D eigenvalue weighted by atomic mass is 16.5. The van der Waals surface area contributed by atoms with Gasteiger partial charge in [-0.2, -0.15) is 0 Å². The van der Waals surface area contributed by atoms with Crippen LogP contribution in [0.15, 0.2) is 66.7 Å². The van der Waals surface area contributed by atoms with Gasteiger partial charge in [0.1, 0.15) is 0 Å². The summed E-state index contributed by atoms with van der Waals surface area (Å²) in [6.45, 7) is -0.332. The molecule has 132 valence electrons. The monoisotopic (exact) mass is 348 g/mol. The molecule has 0 aliphatic heterocycles. The van der Waals surface area contributed by atoms with Crippen LogP contribution in [0.4, 0.5) is 11.4 Å². The van der Waals surface area contributed by atoms with Crippen LogP contribution >= 0.6 is 0 Å². The molecule has 0 aliphatic carbocycles. The molecule has 0 bridgehead atoms. The smallest absolute Gasteiger partial charge is 0.338 e. The predicted molar refractivity (Wildman–Crippen MR) is 104 cm³/mol. The second-order valence-corrected chi connectivity index (χ2v) is 6.13. The summed E-state index contributed by atoms with van der Waals surface area (Å²) in [5, 5.41) is 4.71. The molecule has 0 aromatic heterocycles. The molecule has 0 aliphatic rings. The number of anilines is 2. The molecule has 0 radical (unpaired) electrons. The number of carbonyl (C=O) groups is 2. The maximum atomic E-state index is 12.2. The van der Waals surface area contributed by atoms with E-state index in [0.29, 0.717) is 11.3 Å². The van der Waals surface area contributed by atoms with E-state index in [1.807, 2.05) is 61.5 Å². The quantitative estimate of drug-likeness (QED) is 0.714. The van der Waals surface area contributed by atoms with E-state index < -0.39 is 5.97 Å². The summed E-state index contributed by atoms with van der Waals surface area (Å²) in [5.41, 5.74) is 2.11. The maximum Gasteiger partial charge on any atom is 0.338 e. The highest BCUT2D eigenvalue weighted by molar-refractivity contribution is 5.98. The molecule has 3 aromatic carbocycles. The zero-order valence-corrected chi connectivity index (χ0v) is 14.7. The lowest BCUT2D eigenvalue weighted by Crippen LogP contribution is -2.21. The number of nitrogens with one attached hydrogen (secondary N) is 1. The number of carbonyl (C=O) groups excluding carboxylic acids is 2. The fourth-order valence-electron chi connectivity index (χ4n) is 2.57. The molecule has 0 saturated heterocycles. The van der Waals surface area contributed by atoms with Crippen LogP contribution in [0.2, 0.25) is 0 Å². The fraction of sp³-hybridized carbons (Fsp3) is 0.143. The Kier molecular flexibility index (Phi) is 5.17. The summed E-state index contributed by atoms with van der Waals surface area (Å²) in [6, 6.07) is 20.5. The number of ether oxygens (including phenoxy) is 1. The molecule has 1 amide bonds. The molecule has 5 nitrogen and oxygen atoms in total. The van der Waals surface area contributed by atoms with Gasteiger partial charge in [-0.05, 0) is 47.2 Å². The first kappa shape index (κ1) is 17.5. The Hall–Kier alpha value is -3.34. The Bertz CT molecular complexity index is 933. The summed E-state index contributed by atoms with van der Waals surface area (Å²) >= 11 is 0. The molecule has 3 aromatic rings. The van der Waals surface area contributed by atoms with Crippen molar-refractivity contribution in [1.82, 2.24) is 0 Å². The van der Waals surface area contributed by atoms with Crippen molar-refractivity contribution in [2.75, 3.05) is 30.9 Å². The molecule has 0 fully saturated rings. The van der Waals surface area contributed by atoms with E-state index >= 15 is 0 Å². The van der Waals surface area contributed by atoms with Crippen molar-refractivity contribution in [3.05, 3.63) is 72.3 Å². The second-order valence-electron chi connectivity index (χ2n) is 6.13. The van der Waals surface area contributed by atoms with Crippen molar-refractivity contribution >= 4 is 34.0 Å². The van der Waals surface area contributed by atoms with Gasteiger partial charge >= 0.3 is 5.97 Å². The summed E-state index contributed by atoms with van der Waals surface area (Å²) in [6.07, 6.45) is 0. The summed E-state index contributed by atoms with van der Waals surface area (Å²) in [4.78, 5) is 26.1. The SMILES string of the molecule is CN(C)c1ccc(NC(=O)COC(=O)c2ccc3ccccc3c2)cc1. The first-order valence-corrected chi connectivity index (χ1v) is 8.26. The van der Waals surface area contributed by atoms with Crippen LogP contribution in [0.1, 0.15) is 10.4 Å². The zero-order chi connectivity index (χ0) is 18.5. The minimum absolute atomic E-state index is 0.332. The van der Waals surface area contributed by atoms with Crippen molar-refractivity contribution in [3.8, 4) is 0 Å². The first-order chi connectivity index (χ1) is 12.5. The molecule has 0 atom stereocenters. The fourth-order valence-corrected chi connectivity index (χ4v) is 2.57. The summed E-state index contributed by atoms with van der Waals surface area (Å²) in [5.74, 6) is -0.898. The van der Waals surface area contributed by atoms with Gasteiger partial charge in [0.25, 0.3) is 5.91 Å². The van der Waals surface area contributed by atoms with Crippen LogP contribution in [-0.2, 0) is 9.53 Å². The van der Waals surface area contributed by atoms with Crippen LogP contribution < -0.4 is 10.2 Å². The third kappa shape index (κ3) is 4.19. The van der Waals surface area contributed by atoms with Gasteiger partial charge in [0.05, 0.1) is 5.56 Å². The topological polar surface area (TPSA) is 58.6 Å². The molecular weight excluding hydrogens is 328 g/mol. The average molecular weight is 348 g/mol. The molecule has 0 saturated carbocycles. The number of amides is 1. The van der Waals surface area contributed by atoms with Crippen molar-refractivity contribution in [3.63, 3.8) is 0 Å². The van der Waals surface area contributed by atoms with Gasteiger partial charge in [0.15, 0.2) is 6.61 Å². The maximum absolute atomic E-state index is 12.2. The zero-order valence-electron chi connectivity index (χ0n) is 14.7. The molecule has 5 heteroatoms. The van der Waals surface area contributed by atoms with Crippen LogP contribution in [0.25, 0.3) is 10.8 Å². The Morgan fingerprint density at radius 1 is 0.923 bits per heavy atom. The molecule has 0 spiro atoms. The van der Waals surface area contributed by atoms with Crippen molar-refractivity contribution < 1.29 is 14.3 Å². The largest absolute Gasteiger partial charge is 0.452 e. The van der Waals surface area contributed by atoms with E-state index in [4.69, 9.17) is 4.74 Å². The van der Waals surface area contributed by atoms with Crippen molar-refractivity contribution in [2.24, 2.45) is 0 Å². The minimum atomic E-state index is -0.520. The first-order valence-electron chi connectivity index (χ1n) is 8.26. The highest BCUT2D eigenvalue weighted by Gasteiger charge is 2.11. The molecule has 26 heavy (non-hydrogen) atoms. The van der Waals surface area contributed by atoms with Gasteiger partial charge in [-0.3, -0.25) is 4.79 Å². The van der Waals surface area contributed by atoms with E-state index in [-0.39, 0.29) is 12.5 Å². The lowest BCUT2D eigenvalue weighted by Gasteiger charge is -2.13. The minimum Gasteiger partial charge on any atom is -0.452 e. The van der Waals surface area contributed by atoms with Crippen molar-refractivity contribution in [2.45, 2.75) is 0 Å². The van der Waals surface area contributed by atoms with Gasteiger partial charge in [0.2, 0.25) is 0 Å². The molecule has 0 heterocycles. The van der Waals surface area contributed by atoms with Gasteiger partial charge in [-0.25, -0.2) is 4.79 Å². The van der Waals surface area contributed by atoms with E-state index in [1.165, 1.54) is 0 Å². The van der Waals surface area contributed by atoms with E-state index in [2.05, 4.69) is 5.32 Å². The second kappa shape index (κ2) is 7.70. The number of hydrogen-bond donors (Lipinski definition) is 1. The standard InChI is InChI=1S/C21H20N2O3/c1-23(2)19-11-9-18(10-12-19)22-20(24)14-26-21(25)17-8-7-15-5-3-4-6-16(15)13-17/h3-13H,14H2,1-2H3,(H,22,24). The number of fused-ring (bicyclic) bond motifs is 1. The normalized spacial score (nSPS) is 10.4. The Morgan fingerprint density at radius 3 is 2.31 bits per heavy atom. The lowest BCUT2D eigenvalue weighted by atomic mass is 10.1. The van der Waals surface area contributed by atoms with Crippen LogP contribution in [0.5, 0.6) is 0 Å². The Labute approximate surface area is 152 Å². The Morgan fingerprint density at radius 2 is 1.62 bits per heavy atom. The molecule has 3 rings (SSSR count). The summed E-state index contributed by atoms with van der Waals surface area (Å²) in [7, 11) is 3.89. The third-order valence-corrected chi connectivity index (χ3v) is 3.99. The van der Waals surface area contributed by atoms with Gasteiger partial charge in [-0.1, -0.05) is 30.3 Å².